The number of halogens is 3. The zero-order valence-corrected chi connectivity index (χ0v) is 12.1. The van der Waals surface area contributed by atoms with Gasteiger partial charge < -0.3 is 10.5 Å². The highest BCUT2D eigenvalue weighted by Gasteiger charge is 2.38. The second-order valence-electron chi connectivity index (χ2n) is 4.79. The second kappa shape index (κ2) is 6.30. The molecule has 0 spiro atoms. The molecule has 0 radical (unpaired) electrons. The average molecular weight is 294 g/mol. The number of benzene rings is 1. The number of rotatable bonds is 3. The Hall–Kier alpha value is -1.20. The van der Waals surface area contributed by atoms with Gasteiger partial charge in [0.15, 0.2) is 11.6 Å². The molecule has 1 atom stereocenters. The molecule has 2 N–H and O–H groups in total. The zero-order valence-electron chi connectivity index (χ0n) is 11.3. The first-order valence-corrected chi connectivity index (χ1v) is 5.52. The van der Waals surface area contributed by atoms with Crippen LogP contribution in [0.25, 0.3) is 0 Å². The number of methoxy groups -OCH3 is 1. The largest absolute Gasteiger partial charge is 0.469 e. The van der Waals surface area contributed by atoms with E-state index in [2.05, 4.69) is 4.74 Å². The number of carbonyl (C=O) groups excluding carboxylic acids is 1. The Morgan fingerprint density at radius 1 is 1.32 bits per heavy atom. The molecule has 0 bridgehead atoms. The Balaban J connectivity index is 0.00000324. The van der Waals surface area contributed by atoms with Gasteiger partial charge in [-0.25, -0.2) is 8.78 Å². The van der Waals surface area contributed by atoms with Crippen LogP contribution in [0.1, 0.15) is 31.0 Å². The zero-order chi connectivity index (χ0) is 14.1. The van der Waals surface area contributed by atoms with Crippen molar-refractivity contribution in [1.82, 2.24) is 0 Å². The molecule has 1 aromatic carbocycles. The van der Waals surface area contributed by atoms with Crippen LogP contribution in [-0.4, -0.2) is 13.1 Å². The first-order valence-electron chi connectivity index (χ1n) is 5.52. The van der Waals surface area contributed by atoms with Crippen molar-refractivity contribution in [3.63, 3.8) is 0 Å². The summed E-state index contributed by atoms with van der Waals surface area (Å²) in [6.45, 7) is 4.51. The minimum absolute atomic E-state index is 0. The first kappa shape index (κ1) is 17.8. The molecule has 6 heteroatoms. The van der Waals surface area contributed by atoms with E-state index in [0.29, 0.717) is 0 Å². The van der Waals surface area contributed by atoms with Crippen LogP contribution in [0.15, 0.2) is 12.1 Å². The Morgan fingerprint density at radius 3 is 2.32 bits per heavy atom. The minimum Gasteiger partial charge on any atom is -0.469 e. The molecular formula is C13H18ClF2NO2. The van der Waals surface area contributed by atoms with E-state index in [1.807, 2.05) is 0 Å². The van der Waals surface area contributed by atoms with Crippen LogP contribution in [0.4, 0.5) is 8.78 Å². The SMILES string of the molecule is COC(=O)C(C)(C)[C@@H](N)c1ccc(C)c(F)c1F.Cl. The first-order chi connectivity index (χ1) is 8.23. The Kier molecular flexibility index (Phi) is 5.90. The smallest absolute Gasteiger partial charge is 0.313 e. The number of esters is 1. The molecular weight excluding hydrogens is 276 g/mol. The van der Waals surface area contributed by atoms with Crippen LogP contribution < -0.4 is 5.73 Å². The van der Waals surface area contributed by atoms with Crippen LogP contribution in [0, 0.1) is 24.0 Å². The highest BCUT2D eigenvalue weighted by molar-refractivity contribution is 5.85. The van der Waals surface area contributed by atoms with Crippen molar-refractivity contribution in [3.8, 4) is 0 Å². The number of hydrogen-bond donors (Lipinski definition) is 1. The maximum Gasteiger partial charge on any atom is 0.313 e. The Morgan fingerprint density at radius 2 is 1.84 bits per heavy atom. The summed E-state index contributed by atoms with van der Waals surface area (Å²) >= 11 is 0. The van der Waals surface area contributed by atoms with E-state index in [1.165, 1.54) is 40.0 Å². The molecule has 0 amide bonds. The lowest BCUT2D eigenvalue weighted by molar-refractivity contribution is -0.152. The Bertz CT molecular complexity index is 478. The summed E-state index contributed by atoms with van der Waals surface area (Å²) in [7, 11) is 1.23. The van der Waals surface area contributed by atoms with Gasteiger partial charge in [0.05, 0.1) is 12.5 Å². The number of aryl methyl sites for hydroxylation is 1. The summed E-state index contributed by atoms with van der Waals surface area (Å²) in [6.07, 6.45) is 0. The number of hydrogen-bond acceptors (Lipinski definition) is 3. The molecule has 0 heterocycles. The minimum atomic E-state index is -1.14. The summed E-state index contributed by atoms with van der Waals surface area (Å²) < 4.78 is 31.9. The third-order valence-corrected chi connectivity index (χ3v) is 3.13. The average Bonchev–Trinajstić information content (AvgIpc) is 2.34. The van der Waals surface area contributed by atoms with E-state index in [0.717, 1.165) is 0 Å². The molecule has 0 aromatic heterocycles. The molecule has 0 aliphatic rings. The molecule has 3 nitrogen and oxygen atoms in total. The lowest BCUT2D eigenvalue weighted by Gasteiger charge is -2.29. The summed E-state index contributed by atoms with van der Waals surface area (Å²) in [5.41, 5.74) is 4.88. The van der Waals surface area contributed by atoms with Crippen molar-refractivity contribution >= 4 is 18.4 Å². The summed E-state index contributed by atoms with van der Waals surface area (Å²) in [5, 5.41) is 0. The molecule has 0 fully saturated rings. The van der Waals surface area contributed by atoms with E-state index in [9.17, 15) is 13.6 Å². The van der Waals surface area contributed by atoms with Gasteiger partial charge in [0.25, 0.3) is 0 Å². The highest BCUT2D eigenvalue weighted by atomic mass is 35.5. The fourth-order valence-electron chi connectivity index (χ4n) is 1.68. The molecule has 19 heavy (non-hydrogen) atoms. The van der Waals surface area contributed by atoms with Crippen molar-refractivity contribution in [3.05, 3.63) is 34.9 Å². The quantitative estimate of drug-likeness (QED) is 0.872. The normalized spacial score (nSPS) is 12.6. The topological polar surface area (TPSA) is 52.3 Å². The van der Waals surface area contributed by atoms with Crippen molar-refractivity contribution in [2.75, 3.05) is 7.11 Å². The molecule has 108 valence electrons. The van der Waals surface area contributed by atoms with Crippen LogP contribution in [0.5, 0.6) is 0 Å². The van der Waals surface area contributed by atoms with E-state index < -0.39 is 29.1 Å². The molecule has 1 rings (SSSR count). The van der Waals surface area contributed by atoms with Gasteiger partial charge in [0.2, 0.25) is 0 Å². The highest BCUT2D eigenvalue weighted by Crippen LogP contribution is 2.34. The molecule has 0 saturated carbocycles. The van der Waals surface area contributed by atoms with E-state index in [1.54, 1.807) is 0 Å². The summed E-state index contributed by atoms with van der Waals surface area (Å²) in [4.78, 5) is 11.6. The predicted molar refractivity (Wildman–Crippen MR) is 71.1 cm³/mol. The van der Waals surface area contributed by atoms with E-state index in [4.69, 9.17) is 5.73 Å². The summed E-state index contributed by atoms with van der Waals surface area (Å²) in [6, 6.07) is 1.84. The molecule has 0 unspecified atom stereocenters. The monoisotopic (exact) mass is 293 g/mol. The number of nitrogens with two attached hydrogens (primary N) is 1. The molecule has 0 saturated heterocycles. The molecule has 0 aliphatic heterocycles. The number of ether oxygens (including phenoxy) is 1. The van der Waals surface area contributed by atoms with Gasteiger partial charge in [-0.05, 0) is 26.3 Å². The Labute approximate surface area is 117 Å². The fourth-order valence-corrected chi connectivity index (χ4v) is 1.68. The second-order valence-corrected chi connectivity index (χ2v) is 4.79. The van der Waals surface area contributed by atoms with Gasteiger partial charge in [0, 0.05) is 11.6 Å². The lowest BCUT2D eigenvalue weighted by Crippen LogP contribution is -2.38. The summed E-state index contributed by atoms with van der Waals surface area (Å²) in [5.74, 6) is -2.53. The molecule has 1 aromatic rings. The molecule has 0 aliphatic carbocycles. The standard InChI is InChI=1S/C13H17F2NO2.ClH/c1-7-5-6-8(10(15)9(7)14)11(16)13(2,3)12(17)18-4;/h5-6,11H,16H2,1-4H3;1H/t11-;/m0./s1. The van der Waals surface area contributed by atoms with Gasteiger partial charge in [0.1, 0.15) is 0 Å². The van der Waals surface area contributed by atoms with Crippen molar-refractivity contribution in [2.24, 2.45) is 11.1 Å². The van der Waals surface area contributed by atoms with Crippen LogP contribution in [0.3, 0.4) is 0 Å². The maximum atomic E-state index is 13.8. The van der Waals surface area contributed by atoms with E-state index >= 15 is 0 Å². The van der Waals surface area contributed by atoms with Gasteiger partial charge in [-0.3, -0.25) is 4.79 Å². The van der Waals surface area contributed by atoms with Gasteiger partial charge in [-0.15, -0.1) is 12.4 Å². The van der Waals surface area contributed by atoms with Crippen molar-refractivity contribution in [2.45, 2.75) is 26.8 Å². The van der Waals surface area contributed by atoms with Crippen molar-refractivity contribution < 1.29 is 18.3 Å². The lowest BCUT2D eigenvalue weighted by atomic mass is 9.80. The third kappa shape index (κ3) is 3.22. The van der Waals surface area contributed by atoms with Crippen LogP contribution in [-0.2, 0) is 9.53 Å². The van der Waals surface area contributed by atoms with Crippen LogP contribution in [0.2, 0.25) is 0 Å². The predicted octanol–water partition coefficient (Wildman–Crippen LogP) is 2.89. The van der Waals surface area contributed by atoms with Gasteiger partial charge >= 0.3 is 5.97 Å². The fraction of sp³-hybridized carbons (Fsp3) is 0.462. The maximum absolute atomic E-state index is 13.8. The number of carbonyl (C=O) groups is 1. The van der Waals surface area contributed by atoms with E-state index in [-0.39, 0.29) is 23.5 Å². The third-order valence-electron chi connectivity index (χ3n) is 3.13. The van der Waals surface area contributed by atoms with Crippen LogP contribution >= 0.6 is 12.4 Å². The van der Waals surface area contributed by atoms with Gasteiger partial charge in [-0.2, -0.15) is 0 Å². The van der Waals surface area contributed by atoms with Gasteiger partial charge in [-0.1, -0.05) is 12.1 Å². The van der Waals surface area contributed by atoms with Crippen molar-refractivity contribution in [1.29, 1.82) is 0 Å².